The number of nitrogens with zero attached hydrogens (tertiary/aromatic N) is 2. The average Bonchev–Trinajstić information content (AvgIpc) is 3.91. The zero-order valence-electron chi connectivity index (χ0n) is 30.2. The van der Waals surface area contributed by atoms with Crippen molar-refractivity contribution in [2.45, 2.75) is 0 Å². The van der Waals surface area contributed by atoms with Gasteiger partial charge >= 0.3 is 0 Å². The van der Waals surface area contributed by atoms with E-state index in [2.05, 4.69) is 194 Å². The highest BCUT2D eigenvalue weighted by Gasteiger charge is 2.18. The molecule has 11 rings (SSSR count). The molecule has 0 atom stereocenters. The first-order valence-corrected chi connectivity index (χ1v) is 20.4. The Balaban J connectivity index is 0.955. The second-order valence-corrected chi connectivity index (χ2v) is 16.2. The van der Waals surface area contributed by atoms with Crippen molar-refractivity contribution in [2.75, 3.05) is 0 Å². The standard InChI is InChI=1S/C52H32N2S2/c1-3-11-33(12-4-1)39-27-29-45-47(31-39)55-51(53-45)37-23-19-35(20-24-37)49-41-15-7-9-17-43(41)50(44-18-10-8-16-42(44)49)36-21-25-38(26-22-36)52-54-46-30-28-40(32-48(46)56-52)34-13-5-2-6-14-34/h1-32H. The first kappa shape index (κ1) is 32.7. The highest BCUT2D eigenvalue weighted by molar-refractivity contribution is 7.22. The van der Waals surface area contributed by atoms with Gasteiger partial charge in [0.1, 0.15) is 10.0 Å². The van der Waals surface area contributed by atoms with E-state index in [1.54, 1.807) is 22.7 Å². The molecule has 0 unspecified atom stereocenters. The van der Waals surface area contributed by atoms with E-state index in [0.717, 1.165) is 32.2 Å². The van der Waals surface area contributed by atoms with E-state index in [1.807, 2.05) is 0 Å². The van der Waals surface area contributed by atoms with Crippen LogP contribution in [-0.2, 0) is 0 Å². The predicted octanol–water partition coefficient (Wildman–Crippen LogP) is 15.2. The molecule has 0 aliphatic rings. The molecule has 4 heteroatoms. The van der Waals surface area contributed by atoms with Crippen LogP contribution in [0.5, 0.6) is 0 Å². The van der Waals surface area contributed by atoms with Crippen LogP contribution in [0.4, 0.5) is 0 Å². The number of hydrogen-bond donors (Lipinski definition) is 0. The van der Waals surface area contributed by atoms with Crippen molar-refractivity contribution in [2.24, 2.45) is 0 Å². The maximum absolute atomic E-state index is 5.03. The lowest BCUT2D eigenvalue weighted by Crippen LogP contribution is -1.91. The summed E-state index contributed by atoms with van der Waals surface area (Å²) in [6.45, 7) is 0. The molecule has 0 aliphatic heterocycles. The van der Waals surface area contributed by atoms with Gasteiger partial charge in [-0.25, -0.2) is 9.97 Å². The van der Waals surface area contributed by atoms with E-state index in [4.69, 9.17) is 9.97 Å². The maximum Gasteiger partial charge on any atom is 0.124 e. The molecule has 0 spiro atoms. The van der Waals surface area contributed by atoms with Crippen LogP contribution < -0.4 is 0 Å². The minimum atomic E-state index is 1.03. The third-order valence-electron chi connectivity index (χ3n) is 10.8. The number of thiazole rings is 2. The van der Waals surface area contributed by atoms with E-state index in [-0.39, 0.29) is 0 Å². The van der Waals surface area contributed by atoms with Crippen molar-refractivity contribution < 1.29 is 0 Å². The zero-order chi connectivity index (χ0) is 37.0. The lowest BCUT2D eigenvalue weighted by molar-refractivity contribution is 1.47. The summed E-state index contributed by atoms with van der Waals surface area (Å²) >= 11 is 3.50. The molecule has 0 aliphatic carbocycles. The summed E-state index contributed by atoms with van der Waals surface area (Å²) in [4.78, 5) is 10.1. The normalized spacial score (nSPS) is 11.6. The highest BCUT2D eigenvalue weighted by Crippen LogP contribution is 2.45. The third-order valence-corrected chi connectivity index (χ3v) is 12.9. The highest BCUT2D eigenvalue weighted by atomic mass is 32.1. The van der Waals surface area contributed by atoms with Gasteiger partial charge < -0.3 is 0 Å². The maximum atomic E-state index is 5.03. The SMILES string of the molecule is c1ccc(-c2ccc3nc(-c4ccc(-c5c6ccccc6c(-c6ccc(-c7nc8ccc(-c9ccccc9)cc8s7)cc6)c6ccccc56)cc4)sc3c2)cc1. The molecule has 0 bridgehead atoms. The molecule has 2 heterocycles. The van der Waals surface area contributed by atoms with Gasteiger partial charge in [0.05, 0.1) is 20.4 Å². The molecule has 0 N–H and O–H groups in total. The topological polar surface area (TPSA) is 25.8 Å². The fraction of sp³-hybridized carbons (Fsp3) is 0. The molecule has 11 aromatic rings. The largest absolute Gasteiger partial charge is 0.236 e. The van der Waals surface area contributed by atoms with Crippen molar-refractivity contribution in [1.29, 1.82) is 0 Å². The smallest absolute Gasteiger partial charge is 0.124 e. The van der Waals surface area contributed by atoms with Crippen LogP contribution in [0.25, 0.3) is 108 Å². The fourth-order valence-electron chi connectivity index (χ4n) is 8.03. The molecule has 0 saturated heterocycles. The Hall–Kier alpha value is -6.72. The first-order valence-electron chi connectivity index (χ1n) is 18.8. The quantitative estimate of drug-likeness (QED) is 0.158. The molecular weight excluding hydrogens is 717 g/mol. The van der Waals surface area contributed by atoms with Crippen LogP contribution in [-0.4, -0.2) is 9.97 Å². The minimum absolute atomic E-state index is 1.03. The predicted molar refractivity (Wildman–Crippen MR) is 240 cm³/mol. The van der Waals surface area contributed by atoms with Crippen LogP contribution in [0.2, 0.25) is 0 Å². The van der Waals surface area contributed by atoms with Crippen molar-refractivity contribution in [3.05, 3.63) is 194 Å². The van der Waals surface area contributed by atoms with Crippen molar-refractivity contribution in [3.8, 4) is 65.6 Å². The Bertz CT molecular complexity index is 2940. The summed E-state index contributed by atoms with van der Waals surface area (Å²) in [6.07, 6.45) is 0. The van der Waals surface area contributed by atoms with Gasteiger partial charge in [-0.2, -0.15) is 0 Å². The van der Waals surface area contributed by atoms with Gasteiger partial charge in [-0.15, -0.1) is 22.7 Å². The Morgan fingerprint density at radius 3 is 0.964 bits per heavy atom. The summed E-state index contributed by atoms with van der Waals surface area (Å²) in [5.74, 6) is 0. The fourth-order valence-corrected chi connectivity index (χ4v) is 10.0. The number of hydrogen-bond acceptors (Lipinski definition) is 4. The van der Waals surface area contributed by atoms with Gasteiger partial charge in [0.25, 0.3) is 0 Å². The molecule has 0 saturated carbocycles. The van der Waals surface area contributed by atoms with Crippen LogP contribution in [0.3, 0.4) is 0 Å². The van der Waals surface area contributed by atoms with E-state index in [9.17, 15) is 0 Å². The number of rotatable bonds is 6. The lowest BCUT2D eigenvalue weighted by Gasteiger charge is -2.18. The first-order chi connectivity index (χ1) is 27.7. The van der Waals surface area contributed by atoms with Crippen LogP contribution >= 0.6 is 22.7 Å². The molecule has 0 radical (unpaired) electrons. The van der Waals surface area contributed by atoms with Crippen molar-refractivity contribution in [1.82, 2.24) is 9.97 Å². The zero-order valence-corrected chi connectivity index (χ0v) is 31.8. The Morgan fingerprint density at radius 1 is 0.268 bits per heavy atom. The Labute approximate surface area is 332 Å². The average molecular weight is 749 g/mol. The molecule has 2 nitrogen and oxygen atoms in total. The second-order valence-electron chi connectivity index (χ2n) is 14.1. The Morgan fingerprint density at radius 2 is 0.589 bits per heavy atom. The summed E-state index contributed by atoms with van der Waals surface area (Å²) in [7, 11) is 0. The van der Waals surface area contributed by atoms with E-state index >= 15 is 0 Å². The van der Waals surface area contributed by atoms with Gasteiger partial charge in [0, 0.05) is 11.1 Å². The van der Waals surface area contributed by atoms with Crippen LogP contribution in [0.15, 0.2) is 194 Å². The van der Waals surface area contributed by atoms with E-state index < -0.39 is 0 Å². The molecule has 9 aromatic carbocycles. The summed E-state index contributed by atoms with van der Waals surface area (Å²) in [5, 5.41) is 7.04. The summed E-state index contributed by atoms with van der Waals surface area (Å²) < 4.78 is 2.40. The minimum Gasteiger partial charge on any atom is -0.236 e. The van der Waals surface area contributed by atoms with Gasteiger partial charge in [-0.05, 0) is 90.3 Å². The van der Waals surface area contributed by atoms with Gasteiger partial charge in [0.2, 0.25) is 0 Å². The van der Waals surface area contributed by atoms with Gasteiger partial charge in [-0.3, -0.25) is 0 Å². The second kappa shape index (κ2) is 13.5. The van der Waals surface area contributed by atoms with Crippen LogP contribution in [0, 0.1) is 0 Å². The third kappa shape index (κ3) is 5.70. The van der Waals surface area contributed by atoms with E-state index in [0.29, 0.717) is 0 Å². The molecular formula is C52H32N2S2. The molecule has 0 amide bonds. The lowest BCUT2D eigenvalue weighted by atomic mass is 9.86. The van der Waals surface area contributed by atoms with Gasteiger partial charge in [0.15, 0.2) is 0 Å². The van der Waals surface area contributed by atoms with Crippen molar-refractivity contribution >= 4 is 64.7 Å². The number of aromatic nitrogens is 2. The van der Waals surface area contributed by atoms with Crippen molar-refractivity contribution in [3.63, 3.8) is 0 Å². The molecule has 262 valence electrons. The van der Waals surface area contributed by atoms with Gasteiger partial charge in [-0.1, -0.05) is 170 Å². The molecule has 0 fully saturated rings. The summed E-state index contributed by atoms with van der Waals surface area (Å²) in [5.41, 5.74) is 14.1. The monoisotopic (exact) mass is 748 g/mol. The van der Waals surface area contributed by atoms with E-state index in [1.165, 1.54) is 75.5 Å². The summed E-state index contributed by atoms with van der Waals surface area (Å²) in [6, 6.07) is 69.9. The molecule has 56 heavy (non-hydrogen) atoms. The Kier molecular flexibility index (Phi) is 7.90. The van der Waals surface area contributed by atoms with Crippen LogP contribution in [0.1, 0.15) is 0 Å². The molecule has 2 aromatic heterocycles. The number of benzene rings is 9. The number of fused-ring (bicyclic) bond motifs is 4.